The zero-order valence-corrected chi connectivity index (χ0v) is 24.6. The molecule has 0 bridgehead atoms. The van der Waals surface area contributed by atoms with Gasteiger partial charge in [-0.05, 0) is 54.0 Å². The molecule has 5 aromatic rings. The third-order valence-electron chi connectivity index (χ3n) is 6.92. The summed E-state index contributed by atoms with van der Waals surface area (Å²) in [5.41, 5.74) is 1.53. The van der Waals surface area contributed by atoms with E-state index in [1.165, 1.54) is 45.2 Å². The number of thiazole rings is 1. The molecule has 10 nitrogen and oxygen atoms in total. The molecule has 6 rings (SSSR count). The Bertz CT molecular complexity index is 1780. The molecule has 0 saturated carbocycles. The third kappa shape index (κ3) is 4.86. The van der Waals surface area contributed by atoms with E-state index >= 15 is 0 Å². The van der Waals surface area contributed by atoms with Gasteiger partial charge in [0.1, 0.15) is 36.3 Å². The van der Waals surface area contributed by atoms with Gasteiger partial charge in [-0.3, -0.25) is 4.68 Å². The van der Waals surface area contributed by atoms with Crippen molar-refractivity contribution in [3.8, 4) is 16.8 Å². The lowest BCUT2D eigenvalue weighted by Crippen LogP contribution is -2.53. The van der Waals surface area contributed by atoms with E-state index in [2.05, 4.69) is 36.1 Å². The van der Waals surface area contributed by atoms with Gasteiger partial charge in [0.2, 0.25) is 0 Å². The Hall–Kier alpha value is -2.85. The number of aliphatic hydroxyl groups excluding tert-OH is 3. The number of nitrogens with zero attached hydrogens (tertiary/aromatic N) is 6. The monoisotopic (exact) mass is 666 g/mol. The maximum Gasteiger partial charge on any atom is 0.178 e. The van der Waals surface area contributed by atoms with Crippen molar-refractivity contribution in [3.05, 3.63) is 74.4 Å². The number of halogens is 4. The average Bonchev–Trinajstić information content (AvgIpc) is 3.66. The largest absolute Gasteiger partial charge is 0.394 e. The molecule has 0 unspecified atom stereocenters. The number of benzene rings is 2. The summed E-state index contributed by atoms with van der Waals surface area (Å²) in [7, 11) is 0. The van der Waals surface area contributed by atoms with Gasteiger partial charge in [-0.25, -0.2) is 23.4 Å². The number of rotatable bonds is 5. The Balaban J connectivity index is 1.41. The van der Waals surface area contributed by atoms with Crippen molar-refractivity contribution in [2.75, 3.05) is 6.61 Å². The maximum absolute atomic E-state index is 14.6. The van der Waals surface area contributed by atoms with Crippen LogP contribution in [0, 0.1) is 25.5 Å². The molecule has 0 aliphatic carbocycles. The summed E-state index contributed by atoms with van der Waals surface area (Å²) in [6.45, 7) is 3.03. The Morgan fingerprint density at radius 3 is 2.66 bits per heavy atom. The highest BCUT2D eigenvalue weighted by atomic mass is 79.9. The molecule has 15 heteroatoms. The van der Waals surface area contributed by atoms with Gasteiger partial charge in [-0.15, -0.1) is 11.3 Å². The first-order valence-electron chi connectivity index (χ1n) is 12.4. The summed E-state index contributed by atoms with van der Waals surface area (Å²) >= 11 is 10.8. The zero-order chi connectivity index (χ0) is 29.2. The summed E-state index contributed by atoms with van der Waals surface area (Å²) < 4.78 is 39.1. The Kier molecular flexibility index (Phi) is 7.43. The van der Waals surface area contributed by atoms with Gasteiger partial charge in [0, 0.05) is 21.8 Å². The van der Waals surface area contributed by atoms with E-state index in [4.69, 9.17) is 16.3 Å². The molecule has 0 radical (unpaired) electrons. The van der Waals surface area contributed by atoms with E-state index in [0.29, 0.717) is 11.5 Å². The minimum Gasteiger partial charge on any atom is -0.394 e. The van der Waals surface area contributed by atoms with Crippen molar-refractivity contribution < 1.29 is 28.8 Å². The summed E-state index contributed by atoms with van der Waals surface area (Å²) in [5.74, 6) is -1.72. The topological polar surface area (TPSA) is 131 Å². The van der Waals surface area contributed by atoms with Crippen LogP contribution in [-0.2, 0) is 4.74 Å². The van der Waals surface area contributed by atoms with Gasteiger partial charge in [0.05, 0.1) is 38.7 Å². The van der Waals surface area contributed by atoms with Crippen molar-refractivity contribution in [1.82, 2.24) is 29.5 Å². The first-order valence-corrected chi connectivity index (χ1v) is 14.4. The molecule has 1 aliphatic rings. The molecule has 5 atom stereocenters. The van der Waals surface area contributed by atoms with Crippen molar-refractivity contribution in [2.24, 2.45) is 0 Å². The molecule has 1 fully saturated rings. The minimum atomic E-state index is -1.44. The van der Waals surface area contributed by atoms with E-state index < -0.39 is 48.7 Å². The zero-order valence-electron chi connectivity index (χ0n) is 21.4. The minimum absolute atomic E-state index is 0.0981. The van der Waals surface area contributed by atoms with Gasteiger partial charge in [0.15, 0.2) is 17.5 Å². The highest BCUT2D eigenvalue weighted by Gasteiger charge is 2.48. The van der Waals surface area contributed by atoms with Gasteiger partial charge in [-0.1, -0.05) is 11.6 Å². The number of aryl methyl sites for hydroxylation is 2. The van der Waals surface area contributed by atoms with Crippen molar-refractivity contribution in [3.63, 3.8) is 0 Å². The summed E-state index contributed by atoms with van der Waals surface area (Å²) in [6, 6.07) is 5.10. The average molecular weight is 668 g/mol. The highest BCUT2D eigenvalue weighted by molar-refractivity contribution is 9.10. The van der Waals surface area contributed by atoms with Gasteiger partial charge in [-0.2, -0.15) is 10.2 Å². The first-order chi connectivity index (χ1) is 19.6. The second kappa shape index (κ2) is 10.8. The third-order valence-corrected chi connectivity index (χ3v) is 8.74. The predicted molar refractivity (Wildman–Crippen MR) is 150 cm³/mol. The summed E-state index contributed by atoms with van der Waals surface area (Å²) in [5, 5.41) is 42.0. The molecule has 1 aliphatic heterocycles. The Morgan fingerprint density at radius 1 is 1.12 bits per heavy atom. The van der Waals surface area contributed by atoms with E-state index in [1.807, 2.05) is 19.1 Å². The van der Waals surface area contributed by atoms with Crippen LogP contribution < -0.4 is 0 Å². The fraction of sp³-hybridized carbons (Fsp3) is 0.308. The quantitative estimate of drug-likeness (QED) is 0.235. The number of aromatic nitrogens is 6. The highest BCUT2D eigenvalue weighted by Crippen LogP contribution is 2.40. The van der Waals surface area contributed by atoms with E-state index in [9.17, 15) is 24.1 Å². The molecule has 41 heavy (non-hydrogen) atoms. The van der Waals surface area contributed by atoms with E-state index in [0.717, 1.165) is 19.7 Å². The second-order valence-corrected chi connectivity index (χ2v) is 12.1. The number of fused-ring (bicyclic) bond motifs is 1. The predicted octanol–water partition coefficient (Wildman–Crippen LogP) is 4.45. The normalized spacial score (nSPS) is 23.0. The van der Waals surface area contributed by atoms with Crippen LogP contribution in [0.15, 0.2) is 41.1 Å². The molecular formula is C26H22BrClF2N6O4S. The molecule has 214 valence electrons. The molecule has 3 N–H and O–H groups in total. The van der Waals surface area contributed by atoms with Crippen molar-refractivity contribution >= 4 is 49.1 Å². The molecule has 2 aromatic carbocycles. The number of aliphatic hydroxyl groups is 3. The van der Waals surface area contributed by atoms with Crippen LogP contribution in [0.3, 0.4) is 0 Å². The standard InChI is InChI=1S/C26H22BrClF2N6O4S/c1-10-32-26(36(34-10)13-5-15(27)21-18(6-13)41-11(2)33-21)25-24(39)22(23(38)17(9-37)40-25)35-8-12(7-31-35)14-3-4-16(28)20(30)19(14)29/h3-8,17,22-25,37-39H,9H2,1-2H3/t17-,22+,23+,24-,25-/m1/s1. The second-order valence-electron chi connectivity index (χ2n) is 9.62. The van der Waals surface area contributed by atoms with E-state index in [1.54, 1.807) is 6.92 Å². The van der Waals surface area contributed by atoms with Crippen LogP contribution in [0.4, 0.5) is 8.78 Å². The van der Waals surface area contributed by atoms with Crippen molar-refractivity contribution in [1.29, 1.82) is 0 Å². The van der Waals surface area contributed by atoms with Gasteiger partial charge < -0.3 is 20.1 Å². The molecule has 1 saturated heterocycles. The molecule has 3 aromatic heterocycles. The summed E-state index contributed by atoms with van der Waals surface area (Å²) in [4.78, 5) is 9.06. The number of ether oxygens (including phenoxy) is 1. The summed E-state index contributed by atoms with van der Waals surface area (Å²) in [6.07, 6.45) is -2.49. The van der Waals surface area contributed by atoms with Crippen LogP contribution >= 0.6 is 38.9 Å². The molecule has 0 spiro atoms. The lowest BCUT2D eigenvalue weighted by molar-refractivity contribution is -0.210. The van der Waals surface area contributed by atoms with Crippen LogP contribution in [0.25, 0.3) is 27.0 Å². The van der Waals surface area contributed by atoms with Crippen LogP contribution in [0.2, 0.25) is 5.02 Å². The smallest absolute Gasteiger partial charge is 0.178 e. The Labute approximate surface area is 248 Å². The number of hydrogen-bond donors (Lipinski definition) is 3. The van der Waals surface area contributed by atoms with E-state index in [-0.39, 0.29) is 22.0 Å². The fourth-order valence-corrected chi connectivity index (χ4v) is 6.73. The maximum atomic E-state index is 14.6. The molecule has 4 heterocycles. The first kappa shape index (κ1) is 28.3. The molecular weight excluding hydrogens is 646 g/mol. The fourth-order valence-electron chi connectivity index (χ4n) is 5.03. The van der Waals surface area contributed by atoms with Crippen LogP contribution in [0.5, 0.6) is 0 Å². The van der Waals surface area contributed by atoms with Gasteiger partial charge >= 0.3 is 0 Å². The van der Waals surface area contributed by atoms with Gasteiger partial charge in [0.25, 0.3) is 0 Å². The van der Waals surface area contributed by atoms with Crippen LogP contribution in [0.1, 0.15) is 28.8 Å². The molecule has 0 amide bonds. The lowest BCUT2D eigenvalue weighted by Gasteiger charge is -2.41. The SMILES string of the molecule is Cc1nc([C@@H]2O[C@H](CO)[C@H](O)[C@H](n3cc(-c4ccc(Cl)c(F)c4F)cn3)[C@H]2O)n(-c2cc(Br)c3nc(C)sc3c2)n1. The van der Waals surface area contributed by atoms with Crippen molar-refractivity contribution in [2.45, 2.75) is 44.3 Å². The number of hydrogen-bond acceptors (Lipinski definition) is 9. The van der Waals surface area contributed by atoms with Crippen LogP contribution in [-0.4, -0.2) is 69.8 Å². The lowest BCUT2D eigenvalue weighted by atomic mass is 9.92. The Morgan fingerprint density at radius 2 is 1.90 bits per heavy atom.